The minimum absolute atomic E-state index is 0.540. The maximum atomic E-state index is 4.32. The Labute approximate surface area is 66.7 Å². The number of fused-ring (bicyclic) bond motifs is 1. The Morgan fingerprint density at radius 2 is 2.55 bits per heavy atom. The Hall–Kier alpha value is -0.890. The van der Waals surface area contributed by atoms with E-state index in [9.17, 15) is 0 Å². The van der Waals surface area contributed by atoms with Crippen LogP contribution in [0.15, 0.2) is 18.3 Å². The second kappa shape index (κ2) is 2.62. The maximum Gasteiger partial charge on any atom is 0.0452 e. The minimum atomic E-state index is 0.540. The third-order valence-corrected chi connectivity index (χ3v) is 2.32. The van der Waals surface area contributed by atoms with Crippen molar-refractivity contribution in [1.82, 2.24) is 10.3 Å². The van der Waals surface area contributed by atoms with E-state index >= 15 is 0 Å². The van der Waals surface area contributed by atoms with Crippen molar-refractivity contribution in [2.45, 2.75) is 18.9 Å². The molecule has 11 heavy (non-hydrogen) atoms. The first kappa shape index (κ1) is 6.80. The van der Waals surface area contributed by atoms with Crippen molar-refractivity contribution >= 4 is 0 Å². The van der Waals surface area contributed by atoms with Crippen LogP contribution in [0.1, 0.15) is 23.7 Å². The van der Waals surface area contributed by atoms with E-state index in [1.807, 2.05) is 19.3 Å². The van der Waals surface area contributed by atoms with Gasteiger partial charge in [-0.25, -0.2) is 0 Å². The number of aromatic nitrogens is 1. The van der Waals surface area contributed by atoms with Crippen molar-refractivity contribution in [2.24, 2.45) is 0 Å². The summed E-state index contributed by atoms with van der Waals surface area (Å²) in [4.78, 5) is 4.32. The predicted octanol–water partition coefficient (Wildman–Crippen LogP) is 1.29. The zero-order valence-corrected chi connectivity index (χ0v) is 6.67. The molecule has 0 amide bonds. The second-order valence-corrected chi connectivity index (χ2v) is 2.92. The van der Waals surface area contributed by atoms with Gasteiger partial charge in [-0.3, -0.25) is 4.98 Å². The molecule has 58 valence electrons. The fourth-order valence-corrected chi connectivity index (χ4v) is 1.71. The van der Waals surface area contributed by atoms with Gasteiger partial charge in [-0.15, -0.1) is 0 Å². The largest absolute Gasteiger partial charge is 0.313 e. The van der Waals surface area contributed by atoms with Crippen LogP contribution in [0.5, 0.6) is 0 Å². The number of hydrogen-bond donors (Lipinski definition) is 1. The van der Waals surface area contributed by atoms with Gasteiger partial charge in [0, 0.05) is 17.9 Å². The molecular weight excluding hydrogens is 136 g/mol. The van der Waals surface area contributed by atoms with Crippen LogP contribution >= 0.6 is 0 Å². The van der Waals surface area contributed by atoms with Crippen molar-refractivity contribution in [2.75, 3.05) is 7.05 Å². The molecular formula is C9H12N2. The van der Waals surface area contributed by atoms with Crippen LogP contribution in [0.25, 0.3) is 0 Å². The van der Waals surface area contributed by atoms with E-state index in [4.69, 9.17) is 0 Å². The molecule has 1 N–H and O–H groups in total. The SMILES string of the molecule is CNC1CCc2ncccc21. The lowest BCUT2D eigenvalue weighted by Crippen LogP contribution is -2.12. The first-order valence-corrected chi connectivity index (χ1v) is 4.03. The van der Waals surface area contributed by atoms with Gasteiger partial charge in [-0.2, -0.15) is 0 Å². The van der Waals surface area contributed by atoms with Gasteiger partial charge in [0.05, 0.1) is 0 Å². The average Bonchev–Trinajstić information content (AvgIpc) is 2.47. The smallest absolute Gasteiger partial charge is 0.0452 e. The van der Waals surface area contributed by atoms with Crippen LogP contribution in [0.3, 0.4) is 0 Å². The van der Waals surface area contributed by atoms with Gasteiger partial charge in [-0.1, -0.05) is 6.07 Å². The zero-order chi connectivity index (χ0) is 7.68. The molecule has 1 aromatic heterocycles. The molecule has 0 aromatic carbocycles. The topological polar surface area (TPSA) is 24.9 Å². The molecule has 2 rings (SSSR count). The molecule has 1 aliphatic rings. The molecule has 1 heterocycles. The monoisotopic (exact) mass is 148 g/mol. The molecule has 1 aliphatic carbocycles. The Balaban J connectivity index is 2.39. The Bertz CT molecular complexity index is 257. The second-order valence-electron chi connectivity index (χ2n) is 2.92. The molecule has 0 bridgehead atoms. The van der Waals surface area contributed by atoms with Crippen LogP contribution in [0.4, 0.5) is 0 Å². The number of pyridine rings is 1. The molecule has 0 saturated carbocycles. The fourth-order valence-electron chi connectivity index (χ4n) is 1.71. The van der Waals surface area contributed by atoms with Crippen LogP contribution in [-0.2, 0) is 6.42 Å². The summed E-state index contributed by atoms with van der Waals surface area (Å²) in [5, 5.41) is 3.28. The van der Waals surface area contributed by atoms with Crippen LogP contribution in [0, 0.1) is 0 Å². The summed E-state index contributed by atoms with van der Waals surface area (Å²) in [6.07, 6.45) is 4.20. The van der Waals surface area contributed by atoms with E-state index in [0.717, 1.165) is 6.42 Å². The van der Waals surface area contributed by atoms with Gasteiger partial charge < -0.3 is 5.32 Å². The van der Waals surface area contributed by atoms with Crippen molar-refractivity contribution < 1.29 is 0 Å². The zero-order valence-electron chi connectivity index (χ0n) is 6.67. The normalized spacial score (nSPS) is 21.7. The number of aryl methyl sites for hydroxylation is 1. The first-order chi connectivity index (χ1) is 5.42. The highest BCUT2D eigenvalue weighted by atomic mass is 14.9. The lowest BCUT2D eigenvalue weighted by Gasteiger charge is -2.07. The molecule has 2 nitrogen and oxygen atoms in total. The molecule has 1 atom stereocenters. The van der Waals surface area contributed by atoms with Gasteiger partial charge >= 0.3 is 0 Å². The van der Waals surface area contributed by atoms with E-state index in [1.165, 1.54) is 17.7 Å². The number of nitrogens with one attached hydrogen (secondary N) is 1. The van der Waals surface area contributed by atoms with Crippen molar-refractivity contribution in [3.05, 3.63) is 29.6 Å². The summed E-state index contributed by atoms with van der Waals surface area (Å²) in [5.74, 6) is 0. The lowest BCUT2D eigenvalue weighted by atomic mass is 10.1. The third-order valence-electron chi connectivity index (χ3n) is 2.32. The average molecular weight is 148 g/mol. The van der Waals surface area contributed by atoms with E-state index in [-0.39, 0.29) is 0 Å². The number of rotatable bonds is 1. The summed E-state index contributed by atoms with van der Waals surface area (Å²) in [6.45, 7) is 0. The Kier molecular flexibility index (Phi) is 1.62. The van der Waals surface area contributed by atoms with Crippen LogP contribution in [0.2, 0.25) is 0 Å². The summed E-state index contributed by atoms with van der Waals surface area (Å²) in [6, 6.07) is 4.71. The van der Waals surface area contributed by atoms with E-state index < -0.39 is 0 Å². The summed E-state index contributed by atoms with van der Waals surface area (Å²) < 4.78 is 0. The van der Waals surface area contributed by atoms with E-state index in [1.54, 1.807) is 0 Å². The maximum absolute atomic E-state index is 4.32. The lowest BCUT2D eigenvalue weighted by molar-refractivity contribution is 0.590. The minimum Gasteiger partial charge on any atom is -0.313 e. The molecule has 2 heteroatoms. The van der Waals surface area contributed by atoms with Gasteiger partial charge in [0.25, 0.3) is 0 Å². The van der Waals surface area contributed by atoms with Crippen molar-refractivity contribution in [3.8, 4) is 0 Å². The molecule has 0 spiro atoms. The van der Waals surface area contributed by atoms with Crippen molar-refractivity contribution in [1.29, 1.82) is 0 Å². The molecule has 1 aromatic rings. The quantitative estimate of drug-likeness (QED) is 0.649. The van der Waals surface area contributed by atoms with Gasteiger partial charge in [0.15, 0.2) is 0 Å². The molecule has 0 radical (unpaired) electrons. The Morgan fingerprint density at radius 3 is 3.36 bits per heavy atom. The fraction of sp³-hybridized carbons (Fsp3) is 0.444. The molecule has 0 fully saturated rings. The van der Waals surface area contributed by atoms with Gasteiger partial charge in [0.1, 0.15) is 0 Å². The number of nitrogens with zero attached hydrogens (tertiary/aromatic N) is 1. The van der Waals surface area contributed by atoms with Gasteiger partial charge in [0.2, 0.25) is 0 Å². The summed E-state index contributed by atoms with van der Waals surface area (Å²) in [7, 11) is 2.01. The highest BCUT2D eigenvalue weighted by Crippen LogP contribution is 2.28. The summed E-state index contributed by atoms with van der Waals surface area (Å²) in [5.41, 5.74) is 2.65. The standard InChI is InChI=1S/C9H12N2/c1-10-8-4-5-9-7(8)3-2-6-11-9/h2-3,6,8,10H,4-5H2,1H3. The highest BCUT2D eigenvalue weighted by molar-refractivity contribution is 5.28. The van der Waals surface area contributed by atoms with Gasteiger partial charge in [-0.05, 0) is 31.5 Å². The van der Waals surface area contributed by atoms with Crippen molar-refractivity contribution in [3.63, 3.8) is 0 Å². The highest BCUT2D eigenvalue weighted by Gasteiger charge is 2.20. The van der Waals surface area contributed by atoms with E-state index in [0.29, 0.717) is 6.04 Å². The summed E-state index contributed by atoms with van der Waals surface area (Å²) >= 11 is 0. The Morgan fingerprint density at radius 1 is 1.64 bits per heavy atom. The third kappa shape index (κ3) is 1.03. The molecule has 1 unspecified atom stereocenters. The first-order valence-electron chi connectivity index (χ1n) is 4.03. The molecule has 0 saturated heterocycles. The van der Waals surface area contributed by atoms with Crippen LogP contribution < -0.4 is 5.32 Å². The van der Waals surface area contributed by atoms with E-state index in [2.05, 4.69) is 16.4 Å². The predicted molar refractivity (Wildman–Crippen MR) is 44.4 cm³/mol. The number of hydrogen-bond acceptors (Lipinski definition) is 2. The molecule has 0 aliphatic heterocycles. The van der Waals surface area contributed by atoms with Crippen LogP contribution in [-0.4, -0.2) is 12.0 Å².